The van der Waals surface area contributed by atoms with E-state index < -0.39 is 0 Å². The molecule has 0 aliphatic carbocycles. The van der Waals surface area contributed by atoms with E-state index in [9.17, 15) is 0 Å². The quantitative estimate of drug-likeness (QED) is 0.394. The number of hydrogen-bond donors (Lipinski definition) is 2. The summed E-state index contributed by atoms with van der Waals surface area (Å²) in [6.07, 6.45) is 0. The predicted octanol–water partition coefficient (Wildman–Crippen LogP) is 3.24. The fraction of sp³-hybridized carbons (Fsp3) is 0.143. The van der Waals surface area contributed by atoms with Gasteiger partial charge in [-0.15, -0.1) is 0 Å². The second-order valence-electron chi connectivity index (χ2n) is 4.30. The fourth-order valence-electron chi connectivity index (χ4n) is 1.65. The van der Waals surface area contributed by atoms with Crippen LogP contribution in [0.5, 0.6) is 11.6 Å². The van der Waals surface area contributed by atoms with Crippen LogP contribution in [0.2, 0.25) is 5.02 Å². The third kappa shape index (κ3) is 3.00. The zero-order chi connectivity index (χ0) is 14.7. The van der Waals surface area contributed by atoms with Gasteiger partial charge < -0.3 is 15.7 Å². The Balaban J connectivity index is 2.47. The molecule has 0 unspecified atom stereocenters. The van der Waals surface area contributed by atoms with Crippen molar-refractivity contribution in [1.82, 2.24) is 4.98 Å². The number of ether oxygens (including phenoxy) is 1. The maximum Gasteiger partial charge on any atom is 0.230 e. The van der Waals surface area contributed by atoms with Crippen molar-refractivity contribution in [2.75, 3.05) is 0 Å². The smallest absolute Gasteiger partial charge is 0.230 e. The van der Waals surface area contributed by atoms with Gasteiger partial charge in [0.2, 0.25) is 5.88 Å². The molecule has 104 valence electrons. The Bertz CT molecular complexity index is 671. The van der Waals surface area contributed by atoms with Crippen LogP contribution in [-0.2, 0) is 0 Å². The van der Waals surface area contributed by atoms with E-state index in [4.69, 9.17) is 27.3 Å². The molecule has 5 nitrogen and oxygen atoms in total. The van der Waals surface area contributed by atoms with E-state index in [2.05, 4.69) is 10.1 Å². The van der Waals surface area contributed by atoms with Gasteiger partial charge in [-0.25, -0.2) is 4.98 Å². The maximum absolute atomic E-state index is 8.81. The van der Waals surface area contributed by atoms with Gasteiger partial charge in [-0.3, -0.25) is 0 Å². The van der Waals surface area contributed by atoms with Crippen LogP contribution in [0.1, 0.15) is 16.8 Å². The van der Waals surface area contributed by atoms with E-state index in [0.717, 1.165) is 11.3 Å². The number of hydrogen-bond acceptors (Lipinski definition) is 4. The van der Waals surface area contributed by atoms with Crippen LogP contribution in [0.3, 0.4) is 0 Å². The molecule has 0 bridgehead atoms. The van der Waals surface area contributed by atoms with Gasteiger partial charge in [0.05, 0.1) is 5.56 Å². The third-order valence-electron chi connectivity index (χ3n) is 2.74. The number of pyridine rings is 1. The van der Waals surface area contributed by atoms with Gasteiger partial charge >= 0.3 is 0 Å². The molecule has 0 saturated carbocycles. The molecule has 0 aliphatic rings. The van der Waals surface area contributed by atoms with Crippen molar-refractivity contribution in [3.8, 4) is 11.6 Å². The molecule has 20 heavy (non-hydrogen) atoms. The summed E-state index contributed by atoms with van der Waals surface area (Å²) >= 11 is 5.96. The van der Waals surface area contributed by atoms with E-state index in [-0.39, 0.29) is 11.7 Å². The van der Waals surface area contributed by atoms with Crippen LogP contribution in [0.15, 0.2) is 35.5 Å². The zero-order valence-electron chi connectivity index (χ0n) is 11.1. The van der Waals surface area contributed by atoms with Crippen LogP contribution < -0.4 is 10.5 Å². The van der Waals surface area contributed by atoms with Crippen LogP contribution >= 0.6 is 11.6 Å². The minimum Gasteiger partial charge on any atom is -0.438 e. The van der Waals surface area contributed by atoms with Crippen molar-refractivity contribution >= 4 is 17.4 Å². The molecule has 2 aromatic rings. The molecular weight excluding hydrogens is 278 g/mol. The monoisotopic (exact) mass is 291 g/mol. The highest BCUT2D eigenvalue weighted by Crippen LogP contribution is 2.29. The van der Waals surface area contributed by atoms with Gasteiger partial charge in [0.15, 0.2) is 5.84 Å². The number of rotatable bonds is 3. The SMILES string of the molecule is Cc1ccc(C(N)=NO)c(Oc2cc(Cl)ccc2C)n1. The van der Waals surface area contributed by atoms with Crippen molar-refractivity contribution < 1.29 is 9.94 Å². The number of benzene rings is 1. The lowest BCUT2D eigenvalue weighted by Crippen LogP contribution is -2.15. The average Bonchev–Trinajstić information content (AvgIpc) is 2.42. The van der Waals surface area contributed by atoms with Gasteiger partial charge in [0, 0.05) is 10.7 Å². The number of aryl methyl sites for hydroxylation is 2. The van der Waals surface area contributed by atoms with Crippen molar-refractivity contribution in [3.63, 3.8) is 0 Å². The summed E-state index contributed by atoms with van der Waals surface area (Å²) in [7, 11) is 0. The molecule has 0 radical (unpaired) electrons. The number of nitrogens with two attached hydrogens (primary N) is 1. The summed E-state index contributed by atoms with van der Waals surface area (Å²) in [5, 5.41) is 12.3. The van der Waals surface area contributed by atoms with E-state index in [1.165, 1.54) is 0 Å². The number of nitrogens with zero attached hydrogens (tertiary/aromatic N) is 2. The van der Waals surface area contributed by atoms with Crippen molar-refractivity contribution in [3.05, 3.63) is 52.2 Å². The maximum atomic E-state index is 8.81. The second-order valence-corrected chi connectivity index (χ2v) is 4.74. The van der Waals surface area contributed by atoms with Gasteiger partial charge in [-0.1, -0.05) is 22.8 Å². The Labute approximate surface area is 121 Å². The predicted molar refractivity (Wildman–Crippen MR) is 77.7 cm³/mol. The number of aromatic nitrogens is 1. The minimum atomic E-state index is -0.0628. The standard InChI is InChI=1S/C14H14ClN3O2/c1-8-3-5-10(15)7-12(8)20-14-11(13(16)18-19)6-4-9(2)17-14/h3-7,19H,1-2H3,(H2,16,18). The molecule has 0 saturated heterocycles. The summed E-state index contributed by atoms with van der Waals surface area (Å²) < 4.78 is 5.76. The molecule has 0 spiro atoms. The van der Waals surface area contributed by atoms with Crippen molar-refractivity contribution in [2.24, 2.45) is 10.9 Å². The molecule has 3 N–H and O–H groups in total. The summed E-state index contributed by atoms with van der Waals surface area (Å²) in [5.74, 6) is 0.778. The van der Waals surface area contributed by atoms with E-state index in [1.807, 2.05) is 19.9 Å². The van der Waals surface area contributed by atoms with E-state index in [1.54, 1.807) is 24.3 Å². The molecule has 0 fully saturated rings. The molecule has 0 amide bonds. The molecule has 0 aliphatic heterocycles. The van der Waals surface area contributed by atoms with Crippen LogP contribution in [-0.4, -0.2) is 16.0 Å². The number of amidine groups is 1. The highest BCUT2D eigenvalue weighted by Gasteiger charge is 2.13. The Morgan fingerprint density at radius 2 is 2.05 bits per heavy atom. The highest BCUT2D eigenvalue weighted by molar-refractivity contribution is 6.30. The highest BCUT2D eigenvalue weighted by atomic mass is 35.5. The molecule has 0 atom stereocenters. The molecule has 6 heteroatoms. The van der Waals surface area contributed by atoms with E-state index >= 15 is 0 Å². The van der Waals surface area contributed by atoms with Gasteiger partial charge in [0.25, 0.3) is 0 Å². The van der Waals surface area contributed by atoms with Crippen LogP contribution in [0.25, 0.3) is 0 Å². The first-order valence-electron chi connectivity index (χ1n) is 5.91. The minimum absolute atomic E-state index is 0.0628. The molecule has 2 rings (SSSR count). The van der Waals surface area contributed by atoms with Gasteiger partial charge in [-0.2, -0.15) is 0 Å². The topological polar surface area (TPSA) is 80.7 Å². The number of halogens is 1. The lowest BCUT2D eigenvalue weighted by Gasteiger charge is -2.12. The summed E-state index contributed by atoms with van der Waals surface area (Å²) in [4.78, 5) is 4.27. The first-order chi connectivity index (χ1) is 9.51. The Hall–Kier alpha value is -2.27. The Morgan fingerprint density at radius 1 is 1.30 bits per heavy atom. The summed E-state index contributed by atoms with van der Waals surface area (Å²) in [6, 6.07) is 8.75. The van der Waals surface area contributed by atoms with Crippen LogP contribution in [0, 0.1) is 13.8 Å². The zero-order valence-corrected chi connectivity index (χ0v) is 11.8. The third-order valence-corrected chi connectivity index (χ3v) is 2.98. The lowest BCUT2D eigenvalue weighted by molar-refractivity contribution is 0.318. The summed E-state index contributed by atoms with van der Waals surface area (Å²) in [6.45, 7) is 3.72. The average molecular weight is 292 g/mol. The second kappa shape index (κ2) is 5.79. The van der Waals surface area contributed by atoms with Crippen molar-refractivity contribution in [2.45, 2.75) is 13.8 Å². The normalized spacial score (nSPS) is 11.4. The van der Waals surface area contributed by atoms with E-state index in [0.29, 0.717) is 16.3 Å². The number of oxime groups is 1. The fourth-order valence-corrected chi connectivity index (χ4v) is 1.81. The molecule has 1 heterocycles. The molecular formula is C14H14ClN3O2. The Morgan fingerprint density at radius 3 is 2.75 bits per heavy atom. The first-order valence-corrected chi connectivity index (χ1v) is 6.28. The largest absolute Gasteiger partial charge is 0.438 e. The molecule has 1 aromatic heterocycles. The van der Waals surface area contributed by atoms with Gasteiger partial charge in [-0.05, 0) is 43.7 Å². The lowest BCUT2D eigenvalue weighted by atomic mass is 10.2. The molecule has 1 aromatic carbocycles. The first kappa shape index (κ1) is 14.1. The van der Waals surface area contributed by atoms with Crippen LogP contribution in [0.4, 0.5) is 0 Å². The Kier molecular flexibility index (Phi) is 4.10. The van der Waals surface area contributed by atoms with Gasteiger partial charge in [0.1, 0.15) is 5.75 Å². The van der Waals surface area contributed by atoms with Crippen molar-refractivity contribution in [1.29, 1.82) is 0 Å². The summed E-state index contributed by atoms with van der Waals surface area (Å²) in [5.41, 5.74) is 7.70.